The van der Waals surface area contributed by atoms with Gasteiger partial charge in [-0.2, -0.15) is 13.2 Å². The van der Waals surface area contributed by atoms with Crippen molar-refractivity contribution in [1.29, 1.82) is 0 Å². The topological polar surface area (TPSA) is 59.8 Å². The highest BCUT2D eigenvalue weighted by Crippen LogP contribution is 2.39. The molecule has 2 heterocycles. The number of alkyl halides is 3. The fourth-order valence-electron chi connectivity index (χ4n) is 3.01. The number of carbonyl (C=O) groups excluding carboxylic acids is 1. The molecule has 148 valence electrons. The van der Waals surface area contributed by atoms with Gasteiger partial charge in [-0.25, -0.2) is 9.97 Å². The summed E-state index contributed by atoms with van der Waals surface area (Å²) in [5.41, 5.74) is 1.41. The zero-order valence-corrected chi connectivity index (χ0v) is 15.9. The first-order valence-electron chi connectivity index (χ1n) is 9.26. The van der Waals surface area contributed by atoms with Gasteiger partial charge in [0, 0.05) is 18.0 Å². The summed E-state index contributed by atoms with van der Waals surface area (Å²) in [6, 6.07) is 3.48. The number of rotatable bonds is 6. The van der Waals surface area contributed by atoms with E-state index in [-0.39, 0.29) is 29.3 Å². The molecule has 1 amide bonds. The first kappa shape index (κ1) is 19.6. The molecule has 0 saturated heterocycles. The maximum atomic E-state index is 13.1. The Hall–Kier alpha value is -2.12. The number of hydrogen-bond acceptors (Lipinski definition) is 3. The number of nitrogens with zero attached hydrogens (tertiary/aromatic N) is 3. The van der Waals surface area contributed by atoms with E-state index in [1.807, 2.05) is 0 Å². The lowest BCUT2D eigenvalue weighted by Crippen LogP contribution is -2.22. The average Bonchev–Trinajstić information content (AvgIpc) is 3.31. The van der Waals surface area contributed by atoms with E-state index < -0.39 is 12.7 Å². The minimum atomic E-state index is -4.43. The van der Waals surface area contributed by atoms with Gasteiger partial charge in [-0.1, -0.05) is 20.8 Å². The molecule has 2 aromatic rings. The Morgan fingerprint density at radius 2 is 1.93 bits per heavy atom. The van der Waals surface area contributed by atoms with Crippen molar-refractivity contribution in [3.63, 3.8) is 0 Å². The first-order chi connectivity index (χ1) is 12.5. The second-order valence-electron chi connectivity index (χ2n) is 8.45. The Kier molecular flexibility index (Phi) is 5.18. The van der Waals surface area contributed by atoms with E-state index >= 15 is 0 Å². The number of nitrogens with one attached hydrogen (secondary N) is 1. The molecular weight excluding hydrogens is 357 g/mol. The highest BCUT2D eigenvalue weighted by molar-refractivity contribution is 5.91. The molecular formula is C19H25F3N4O. The van der Waals surface area contributed by atoms with Crippen molar-refractivity contribution in [2.24, 2.45) is 5.41 Å². The van der Waals surface area contributed by atoms with Crippen LogP contribution in [-0.2, 0) is 11.3 Å². The number of halogens is 3. The van der Waals surface area contributed by atoms with Crippen LogP contribution in [0.25, 0.3) is 11.2 Å². The lowest BCUT2D eigenvalue weighted by molar-refractivity contribution is -0.139. The van der Waals surface area contributed by atoms with Crippen LogP contribution in [0.3, 0.4) is 0 Å². The van der Waals surface area contributed by atoms with Crippen molar-refractivity contribution in [2.75, 3.05) is 5.32 Å². The highest BCUT2D eigenvalue weighted by Gasteiger charge is 2.32. The molecule has 27 heavy (non-hydrogen) atoms. The quantitative estimate of drug-likeness (QED) is 0.763. The lowest BCUT2D eigenvalue weighted by atomic mass is 9.90. The molecule has 1 saturated carbocycles. The third kappa shape index (κ3) is 5.43. The van der Waals surface area contributed by atoms with Crippen molar-refractivity contribution in [3.8, 4) is 0 Å². The van der Waals surface area contributed by atoms with Crippen LogP contribution in [0, 0.1) is 5.41 Å². The van der Waals surface area contributed by atoms with E-state index in [0.29, 0.717) is 17.9 Å². The number of hydrogen-bond donors (Lipinski definition) is 1. The van der Waals surface area contributed by atoms with Crippen LogP contribution in [0.1, 0.15) is 64.5 Å². The summed E-state index contributed by atoms with van der Waals surface area (Å²) in [4.78, 5) is 20.8. The van der Waals surface area contributed by atoms with Gasteiger partial charge >= 0.3 is 6.18 Å². The predicted octanol–water partition coefficient (Wildman–Crippen LogP) is 5.03. The van der Waals surface area contributed by atoms with E-state index in [1.165, 1.54) is 0 Å². The fourth-order valence-corrected chi connectivity index (χ4v) is 3.01. The minimum absolute atomic E-state index is 0.0940. The smallest absolute Gasteiger partial charge is 0.296 e. The number of fused-ring (bicyclic) bond motifs is 1. The highest BCUT2D eigenvalue weighted by atomic mass is 19.4. The second kappa shape index (κ2) is 7.13. The van der Waals surface area contributed by atoms with Crippen LogP contribution in [0.2, 0.25) is 0 Å². The molecule has 0 aliphatic heterocycles. The van der Waals surface area contributed by atoms with Gasteiger partial charge in [-0.3, -0.25) is 14.7 Å². The molecule has 8 heteroatoms. The number of pyridine rings is 1. The Balaban J connectivity index is 1.82. The summed E-state index contributed by atoms with van der Waals surface area (Å²) in [5.74, 6) is -0.108. The van der Waals surface area contributed by atoms with Crippen molar-refractivity contribution < 1.29 is 18.0 Å². The Morgan fingerprint density at radius 1 is 1.22 bits per heavy atom. The molecule has 1 fully saturated rings. The molecule has 0 unspecified atom stereocenters. The lowest BCUT2D eigenvalue weighted by Gasteiger charge is -2.17. The molecule has 5 nitrogen and oxygen atoms in total. The summed E-state index contributed by atoms with van der Waals surface area (Å²) < 4.78 is 40.2. The summed E-state index contributed by atoms with van der Waals surface area (Å²) >= 11 is 0. The number of imidazole rings is 1. The molecule has 0 radical (unpaired) electrons. The summed E-state index contributed by atoms with van der Waals surface area (Å²) in [7, 11) is 0. The third-order valence-electron chi connectivity index (χ3n) is 4.53. The van der Waals surface area contributed by atoms with E-state index in [4.69, 9.17) is 0 Å². The maximum Gasteiger partial charge on any atom is 0.406 e. The summed E-state index contributed by atoms with van der Waals surface area (Å²) in [5, 5.41) is 2.55. The molecule has 3 rings (SSSR count). The van der Waals surface area contributed by atoms with Crippen molar-refractivity contribution in [3.05, 3.63) is 17.8 Å². The number of aromatic nitrogens is 3. The predicted molar refractivity (Wildman–Crippen MR) is 97.5 cm³/mol. The van der Waals surface area contributed by atoms with Gasteiger partial charge in [0.25, 0.3) is 0 Å². The standard InChI is InChI=1S/C19H25F3N4O/c1-18(2,3)10-4-5-15(27)25-17-24-14-9-8-13(12-6-7-12)23-16(14)26(17)11-19(20,21)22/h8-9,12H,4-7,10-11H2,1-3H3,(H,24,25,27). The molecule has 1 N–H and O–H groups in total. The maximum absolute atomic E-state index is 13.1. The van der Waals surface area contributed by atoms with Crippen molar-refractivity contribution >= 4 is 23.0 Å². The average molecular weight is 382 g/mol. The molecule has 0 atom stereocenters. The minimum Gasteiger partial charge on any atom is -0.296 e. The van der Waals surface area contributed by atoms with E-state index in [9.17, 15) is 18.0 Å². The zero-order valence-electron chi connectivity index (χ0n) is 15.9. The van der Waals surface area contributed by atoms with Gasteiger partial charge in [-0.05, 0) is 43.2 Å². The Morgan fingerprint density at radius 3 is 2.52 bits per heavy atom. The molecule has 1 aliphatic carbocycles. The van der Waals surface area contributed by atoms with Gasteiger partial charge in [0.15, 0.2) is 5.65 Å². The number of amides is 1. The molecule has 0 bridgehead atoms. The van der Waals surface area contributed by atoms with Crippen LogP contribution >= 0.6 is 0 Å². The van der Waals surface area contributed by atoms with Gasteiger partial charge in [0.05, 0.1) is 0 Å². The third-order valence-corrected chi connectivity index (χ3v) is 4.53. The molecule has 0 aromatic carbocycles. The van der Waals surface area contributed by atoms with Crippen LogP contribution in [0.4, 0.5) is 19.1 Å². The SMILES string of the molecule is CC(C)(C)CCCC(=O)Nc1nc2ccc(C3CC3)nc2n1CC(F)(F)F. The van der Waals surface area contributed by atoms with Crippen LogP contribution in [-0.4, -0.2) is 26.6 Å². The van der Waals surface area contributed by atoms with Crippen LogP contribution < -0.4 is 5.32 Å². The fraction of sp³-hybridized carbons (Fsp3) is 0.632. The van der Waals surface area contributed by atoms with Gasteiger partial charge in [0.2, 0.25) is 11.9 Å². The largest absolute Gasteiger partial charge is 0.406 e. The van der Waals surface area contributed by atoms with Gasteiger partial charge in [-0.15, -0.1) is 0 Å². The molecule has 2 aromatic heterocycles. The Bertz CT molecular complexity index is 832. The zero-order chi connectivity index (χ0) is 19.8. The van der Waals surface area contributed by atoms with Gasteiger partial charge in [0.1, 0.15) is 12.1 Å². The van der Waals surface area contributed by atoms with Crippen LogP contribution in [0.5, 0.6) is 0 Å². The molecule has 1 aliphatic rings. The van der Waals surface area contributed by atoms with Crippen molar-refractivity contribution in [1.82, 2.24) is 14.5 Å². The Labute approximate surface area is 156 Å². The molecule has 0 spiro atoms. The number of anilines is 1. The van der Waals surface area contributed by atoms with Crippen LogP contribution in [0.15, 0.2) is 12.1 Å². The summed E-state index contributed by atoms with van der Waals surface area (Å²) in [6.45, 7) is 5.01. The van der Waals surface area contributed by atoms with E-state index in [1.54, 1.807) is 12.1 Å². The second-order valence-corrected chi connectivity index (χ2v) is 8.45. The summed E-state index contributed by atoms with van der Waals surface area (Å²) in [6.07, 6.45) is -0.666. The number of carbonyl (C=O) groups is 1. The monoisotopic (exact) mass is 382 g/mol. The van der Waals surface area contributed by atoms with E-state index in [0.717, 1.165) is 29.5 Å². The normalized spacial score (nSPS) is 15.3. The van der Waals surface area contributed by atoms with Gasteiger partial charge < -0.3 is 0 Å². The van der Waals surface area contributed by atoms with Crippen molar-refractivity contribution in [2.45, 2.75) is 71.5 Å². The van der Waals surface area contributed by atoms with E-state index in [2.05, 4.69) is 36.1 Å². The first-order valence-corrected chi connectivity index (χ1v) is 9.26.